The van der Waals surface area contributed by atoms with Gasteiger partial charge in [-0.2, -0.15) is 0 Å². The number of nitrogens with two attached hydrogens (primary N) is 1. The molecule has 4 nitrogen and oxygen atoms in total. The van der Waals surface area contributed by atoms with Crippen LogP contribution in [0.4, 0.5) is 11.5 Å². The first kappa shape index (κ1) is 12.0. The minimum Gasteiger partial charge on any atom is -0.393 e. The van der Waals surface area contributed by atoms with Crippen molar-refractivity contribution in [3.8, 4) is 0 Å². The van der Waals surface area contributed by atoms with E-state index in [1.165, 1.54) is 6.33 Å². The molecule has 1 aromatic heterocycles. The quantitative estimate of drug-likeness (QED) is 0.778. The zero-order valence-electron chi connectivity index (χ0n) is 9.34. The Kier molecular flexibility index (Phi) is 3.74. The van der Waals surface area contributed by atoms with E-state index in [2.05, 4.69) is 36.1 Å². The summed E-state index contributed by atoms with van der Waals surface area (Å²) in [6.45, 7) is 7.32. The number of nitrogen functional groups attached to an aromatic ring is 1. The monoisotopic (exact) mass is 228 g/mol. The molecular weight excluding hydrogens is 212 g/mol. The molecule has 0 unspecified atom stereocenters. The highest BCUT2D eigenvalue weighted by Gasteiger charge is 2.15. The summed E-state index contributed by atoms with van der Waals surface area (Å²) in [5.74, 6) is 0.608. The first-order valence-corrected chi connectivity index (χ1v) is 5.34. The van der Waals surface area contributed by atoms with Gasteiger partial charge >= 0.3 is 0 Å². The van der Waals surface area contributed by atoms with Crippen LogP contribution in [0.1, 0.15) is 27.2 Å². The van der Waals surface area contributed by atoms with E-state index in [4.69, 9.17) is 17.3 Å². The van der Waals surface area contributed by atoms with E-state index in [1.54, 1.807) is 0 Å². The Bertz CT molecular complexity index is 338. The van der Waals surface area contributed by atoms with Gasteiger partial charge in [0.1, 0.15) is 12.0 Å². The van der Waals surface area contributed by atoms with Crippen molar-refractivity contribution in [3.63, 3.8) is 0 Å². The fourth-order valence-electron chi connectivity index (χ4n) is 0.963. The number of hydrogen-bond acceptors (Lipinski definition) is 4. The van der Waals surface area contributed by atoms with Gasteiger partial charge in [-0.15, -0.1) is 0 Å². The van der Waals surface area contributed by atoms with Crippen molar-refractivity contribution in [3.05, 3.63) is 11.5 Å². The highest BCUT2D eigenvalue weighted by molar-refractivity contribution is 6.32. The lowest BCUT2D eigenvalue weighted by Gasteiger charge is -2.23. The number of nitrogens with one attached hydrogen (secondary N) is 1. The van der Waals surface area contributed by atoms with Crippen LogP contribution in [0.5, 0.6) is 0 Å². The van der Waals surface area contributed by atoms with E-state index in [1.807, 2.05) is 0 Å². The number of anilines is 2. The highest BCUT2D eigenvalue weighted by atomic mass is 35.5. The van der Waals surface area contributed by atoms with Gasteiger partial charge in [0, 0.05) is 6.54 Å². The lowest BCUT2D eigenvalue weighted by Crippen LogP contribution is -2.23. The SMILES string of the molecule is CCC(C)(C)CNc1ncnc(Cl)c1N. The van der Waals surface area contributed by atoms with Gasteiger partial charge in [-0.25, -0.2) is 9.97 Å². The third kappa shape index (κ3) is 3.23. The fourth-order valence-corrected chi connectivity index (χ4v) is 1.10. The Balaban J connectivity index is 2.70. The summed E-state index contributed by atoms with van der Waals surface area (Å²) in [6.07, 6.45) is 2.48. The first-order chi connectivity index (χ1) is 6.96. The van der Waals surface area contributed by atoms with E-state index in [0.29, 0.717) is 16.7 Å². The van der Waals surface area contributed by atoms with E-state index in [0.717, 1.165) is 13.0 Å². The molecule has 15 heavy (non-hydrogen) atoms. The summed E-state index contributed by atoms with van der Waals surface area (Å²) >= 11 is 5.78. The van der Waals surface area contributed by atoms with Gasteiger partial charge < -0.3 is 11.1 Å². The molecule has 0 saturated carbocycles. The Labute approximate surface area is 95.3 Å². The van der Waals surface area contributed by atoms with E-state index >= 15 is 0 Å². The molecule has 0 radical (unpaired) electrons. The number of aromatic nitrogens is 2. The van der Waals surface area contributed by atoms with Crippen LogP contribution in [-0.2, 0) is 0 Å². The lowest BCUT2D eigenvalue weighted by molar-refractivity contribution is 0.376. The molecule has 0 bridgehead atoms. The molecule has 1 aromatic rings. The maximum Gasteiger partial charge on any atom is 0.157 e. The number of rotatable bonds is 4. The molecule has 0 aliphatic rings. The third-order valence-corrected chi connectivity index (χ3v) is 2.83. The van der Waals surface area contributed by atoms with Gasteiger partial charge in [-0.1, -0.05) is 32.4 Å². The molecule has 5 heteroatoms. The van der Waals surface area contributed by atoms with Crippen LogP contribution >= 0.6 is 11.6 Å². The van der Waals surface area contributed by atoms with Gasteiger partial charge in [0.2, 0.25) is 0 Å². The summed E-state index contributed by atoms with van der Waals surface area (Å²) in [5, 5.41) is 3.48. The average Bonchev–Trinajstić information content (AvgIpc) is 2.20. The second-order valence-corrected chi connectivity index (χ2v) is 4.66. The molecule has 1 rings (SSSR count). The van der Waals surface area contributed by atoms with Gasteiger partial charge in [0.25, 0.3) is 0 Å². The van der Waals surface area contributed by atoms with Crippen LogP contribution in [0.2, 0.25) is 5.15 Å². The molecule has 0 amide bonds. The summed E-state index contributed by atoms with van der Waals surface area (Å²) < 4.78 is 0. The van der Waals surface area contributed by atoms with Crippen molar-refractivity contribution < 1.29 is 0 Å². The first-order valence-electron chi connectivity index (χ1n) is 4.96. The van der Waals surface area contributed by atoms with E-state index < -0.39 is 0 Å². The second kappa shape index (κ2) is 4.66. The standard InChI is InChI=1S/C10H17ClN4/c1-4-10(2,3)5-13-9-7(12)8(11)14-6-15-9/h6H,4-5,12H2,1-3H3,(H,13,14,15). The summed E-state index contributed by atoms with van der Waals surface area (Å²) in [7, 11) is 0. The van der Waals surface area contributed by atoms with Gasteiger partial charge in [-0.05, 0) is 11.8 Å². The number of halogens is 1. The molecule has 0 spiro atoms. The molecule has 3 N–H and O–H groups in total. The zero-order chi connectivity index (χ0) is 11.5. The highest BCUT2D eigenvalue weighted by Crippen LogP contribution is 2.25. The predicted octanol–water partition coefficient (Wildman–Crippen LogP) is 2.56. The molecule has 0 atom stereocenters. The summed E-state index contributed by atoms with van der Waals surface area (Å²) in [6, 6.07) is 0. The van der Waals surface area contributed by atoms with Crippen LogP contribution < -0.4 is 11.1 Å². The molecule has 0 fully saturated rings. The number of nitrogens with zero attached hydrogens (tertiary/aromatic N) is 2. The van der Waals surface area contributed by atoms with Crippen molar-refractivity contribution in [1.29, 1.82) is 0 Å². The Morgan fingerprint density at radius 1 is 1.47 bits per heavy atom. The van der Waals surface area contributed by atoms with Crippen molar-refractivity contribution in [2.75, 3.05) is 17.6 Å². The summed E-state index contributed by atoms with van der Waals surface area (Å²) in [5.41, 5.74) is 6.35. The minimum atomic E-state index is 0.212. The normalized spacial score (nSPS) is 11.5. The smallest absolute Gasteiger partial charge is 0.157 e. The second-order valence-electron chi connectivity index (χ2n) is 4.30. The largest absolute Gasteiger partial charge is 0.393 e. The van der Waals surface area contributed by atoms with Crippen molar-refractivity contribution in [1.82, 2.24) is 9.97 Å². The van der Waals surface area contributed by atoms with Gasteiger partial charge in [0.05, 0.1) is 0 Å². The Morgan fingerprint density at radius 3 is 2.73 bits per heavy atom. The van der Waals surface area contributed by atoms with Crippen LogP contribution in [0.3, 0.4) is 0 Å². The molecule has 1 heterocycles. The Morgan fingerprint density at radius 2 is 2.13 bits per heavy atom. The van der Waals surface area contributed by atoms with Crippen LogP contribution in [0.15, 0.2) is 6.33 Å². The Hall–Kier alpha value is -1.03. The topological polar surface area (TPSA) is 63.8 Å². The van der Waals surface area contributed by atoms with Crippen molar-refractivity contribution in [2.24, 2.45) is 5.41 Å². The van der Waals surface area contributed by atoms with Gasteiger partial charge in [-0.3, -0.25) is 0 Å². The fraction of sp³-hybridized carbons (Fsp3) is 0.600. The lowest BCUT2D eigenvalue weighted by atomic mass is 9.90. The summed E-state index contributed by atoms with van der Waals surface area (Å²) in [4.78, 5) is 7.84. The van der Waals surface area contributed by atoms with E-state index in [-0.39, 0.29) is 5.41 Å². The third-order valence-electron chi connectivity index (χ3n) is 2.53. The average molecular weight is 229 g/mol. The minimum absolute atomic E-state index is 0.212. The van der Waals surface area contributed by atoms with Gasteiger partial charge in [0.15, 0.2) is 11.0 Å². The maximum absolute atomic E-state index is 5.78. The number of hydrogen-bond donors (Lipinski definition) is 2. The van der Waals surface area contributed by atoms with Crippen LogP contribution in [0.25, 0.3) is 0 Å². The van der Waals surface area contributed by atoms with Crippen LogP contribution in [0, 0.1) is 5.41 Å². The zero-order valence-corrected chi connectivity index (χ0v) is 10.1. The van der Waals surface area contributed by atoms with E-state index in [9.17, 15) is 0 Å². The molecular formula is C10H17ClN4. The molecule has 0 aromatic carbocycles. The molecule has 84 valence electrons. The van der Waals surface area contributed by atoms with Crippen LogP contribution in [-0.4, -0.2) is 16.5 Å². The molecule has 0 saturated heterocycles. The molecule has 0 aliphatic carbocycles. The predicted molar refractivity (Wildman–Crippen MR) is 64.0 cm³/mol. The molecule has 0 aliphatic heterocycles. The van der Waals surface area contributed by atoms with Crippen molar-refractivity contribution >= 4 is 23.1 Å². The van der Waals surface area contributed by atoms with Crippen molar-refractivity contribution in [2.45, 2.75) is 27.2 Å². The maximum atomic E-state index is 5.78.